The van der Waals surface area contributed by atoms with Crippen LogP contribution in [0.5, 0.6) is 0 Å². The summed E-state index contributed by atoms with van der Waals surface area (Å²) in [5.41, 5.74) is 3.30. The molecule has 0 N–H and O–H groups in total. The van der Waals surface area contributed by atoms with Crippen LogP contribution in [-0.4, -0.2) is 0 Å². The van der Waals surface area contributed by atoms with E-state index in [0.717, 1.165) is 0 Å². The molecule has 0 fully saturated rings. The monoisotopic (exact) mass is 152 g/mol. The Kier molecular flexibility index (Phi) is 4.22. The van der Waals surface area contributed by atoms with Gasteiger partial charge in [-0.2, -0.15) is 0 Å². The van der Waals surface area contributed by atoms with Gasteiger partial charge in [-0.3, -0.25) is 0 Å². The summed E-state index contributed by atoms with van der Waals surface area (Å²) in [5.74, 6) is 0.593. The molecule has 11 heavy (non-hydrogen) atoms. The highest BCUT2D eigenvalue weighted by Crippen LogP contribution is 2.34. The van der Waals surface area contributed by atoms with Gasteiger partial charge in [-0.15, -0.1) is 5.73 Å². The Labute approximate surface area is 71.0 Å². The minimum atomic E-state index is 0.435. The molecule has 0 aliphatic rings. The second-order valence-corrected chi connectivity index (χ2v) is 3.52. The van der Waals surface area contributed by atoms with Crippen LogP contribution >= 0.6 is 0 Å². The summed E-state index contributed by atoms with van der Waals surface area (Å²) in [6.45, 7) is 12.7. The van der Waals surface area contributed by atoms with Crippen LogP contribution in [0.1, 0.15) is 40.5 Å². The van der Waals surface area contributed by atoms with Gasteiger partial charge in [0.05, 0.1) is 0 Å². The topological polar surface area (TPSA) is 0 Å². The van der Waals surface area contributed by atoms with Gasteiger partial charge in [-0.1, -0.05) is 47.1 Å². The van der Waals surface area contributed by atoms with Crippen LogP contribution < -0.4 is 0 Å². The average Bonchev–Trinajstić information content (AvgIpc) is 2.03. The molecular formula is C11H20. The molecule has 0 heteroatoms. The fourth-order valence-corrected chi connectivity index (χ4v) is 1.27. The zero-order chi connectivity index (χ0) is 8.91. The maximum Gasteiger partial charge on any atom is -0.0132 e. The first-order valence-electron chi connectivity index (χ1n) is 4.46. The third kappa shape index (κ3) is 2.55. The molecule has 0 aromatic heterocycles. The fraction of sp³-hybridized carbons (Fsp3) is 0.727. The predicted molar refractivity (Wildman–Crippen MR) is 51.6 cm³/mol. The van der Waals surface area contributed by atoms with Gasteiger partial charge in [0.15, 0.2) is 0 Å². The first-order chi connectivity index (χ1) is 5.10. The van der Waals surface area contributed by atoms with Crippen molar-refractivity contribution in [3.8, 4) is 0 Å². The Morgan fingerprint density at radius 2 is 1.91 bits per heavy atom. The molecule has 0 aromatic carbocycles. The number of hydrogen-bond acceptors (Lipinski definition) is 0. The molecule has 0 spiro atoms. The van der Waals surface area contributed by atoms with Gasteiger partial charge in [0.25, 0.3) is 0 Å². The van der Waals surface area contributed by atoms with E-state index in [4.69, 9.17) is 0 Å². The maximum atomic E-state index is 3.60. The first kappa shape index (κ1) is 10.5. The molecule has 0 rings (SSSR count). The molecule has 0 heterocycles. The van der Waals surface area contributed by atoms with E-state index in [-0.39, 0.29) is 0 Å². The van der Waals surface area contributed by atoms with Crippen molar-refractivity contribution >= 4 is 0 Å². The van der Waals surface area contributed by atoms with Crippen molar-refractivity contribution in [2.45, 2.75) is 40.5 Å². The lowest BCUT2D eigenvalue weighted by Crippen LogP contribution is -2.21. The van der Waals surface area contributed by atoms with E-state index in [9.17, 15) is 0 Å². The van der Waals surface area contributed by atoms with E-state index >= 15 is 0 Å². The Morgan fingerprint density at radius 1 is 1.45 bits per heavy atom. The summed E-state index contributed by atoms with van der Waals surface area (Å²) < 4.78 is 0. The maximum absolute atomic E-state index is 3.60. The van der Waals surface area contributed by atoms with Crippen LogP contribution in [0.25, 0.3) is 0 Å². The Hall–Kier alpha value is -0.480. The van der Waals surface area contributed by atoms with E-state index in [0.29, 0.717) is 11.3 Å². The van der Waals surface area contributed by atoms with Crippen molar-refractivity contribution in [1.29, 1.82) is 0 Å². The minimum absolute atomic E-state index is 0.435. The highest BCUT2D eigenvalue weighted by atomic mass is 14.3. The molecule has 0 bridgehead atoms. The molecule has 0 saturated carbocycles. The molecule has 0 aliphatic heterocycles. The highest BCUT2D eigenvalue weighted by molar-refractivity contribution is 4.91. The summed E-state index contributed by atoms with van der Waals surface area (Å²) in [4.78, 5) is 0. The van der Waals surface area contributed by atoms with Crippen molar-refractivity contribution < 1.29 is 0 Å². The average molecular weight is 152 g/mol. The molecule has 0 aromatic rings. The van der Waals surface area contributed by atoms with Gasteiger partial charge in [-0.25, -0.2) is 0 Å². The number of hydrogen-bond donors (Lipinski definition) is 0. The second kappa shape index (κ2) is 4.41. The summed E-state index contributed by atoms with van der Waals surface area (Å²) in [6, 6.07) is 0. The van der Waals surface area contributed by atoms with Gasteiger partial charge >= 0.3 is 0 Å². The molecule has 1 atom stereocenters. The lowest BCUT2D eigenvalue weighted by atomic mass is 9.74. The quantitative estimate of drug-likeness (QED) is 0.538. The standard InChI is InChI=1S/C11H20/c1-6-9-10(4)11(5,7-2)8-3/h9-10H,1,7-8H2,2-5H3. The van der Waals surface area contributed by atoms with Crippen LogP contribution in [0, 0.1) is 11.3 Å². The number of allylic oxidation sites excluding steroid dienone is 1. The SMILES string of the molecule is C=C=CC(C)C(C)(CC)CC. The van der Waals surface area contributed by atoms with Crippen molar-refractivity contribution in [1.82, 2.24) is 0 Å². The van der Waals surface area contributed by atoms with Crippen molar-refractivity contribution in [3.63, 3.8) is 0 Å². The van der Waals surface area contributed by atoms with Gasteiger partial charge in [0.2, 0.25) is 0 Å². The molecule has 0 radical (unpaired) electrons. The number of rotatable bonds is 4. The molecule has 0 aliphatic carbocycles. The third-order valence-corrected chi connectivity index (χ3v) is 3.08. The lowest BCUT2D eigenvalue weighted by molar-refractivity contribution is 0.223. The van der Waals surface area contributed by atoms with Crippen LogP contribution in [0.2, 0.25) is 0 Å². The second-order valence-electron chi connectivity index (χ2n) is 3.52. The van der Waals surface area contributed by atoms with E-state index < -0.39 is 0 Å². The molecule has 0 nitrogen and oxygen atoms in total. The summed E-state index contributed by atoms with van der Waals surface area (Å²) in [5, 5.41) is 0. The van der Waals surface area contributed by atoms with Gasteiger partial charge < -0.3 is 0 Å². The molecular weight excluding hydrogens is 132 g/mol. The van der Waals surface area contributed by atoms with Gasteiger partial charge in [0, 0.05) is 0 Å². The van der Waals surface area contributed by atoms with Crippen LogP contribution in [-0.2, 0) is 0 Å². The molecule has 0 amide bonds. The molecule has 0 saturated heterocycles. The third-order valence-electron chi connectivity index (χ3n) is 3.08. The Morgan fingerprint density at radius 3 is 2.18 bits per heavy atom. The highest BCUT2D eigenvalue weighted by Gasteiger charge is 2.24. The smallest absolute Gasteiger partial charge is 0.0132 e. The Bertz CT molecular complexity index is 145. The lowest BCUT2D eigenvalue weighted by Gasteiger charge is -2.31. The first-order valence-corrected chi connectivity index (χ1v) is 4.46. The van der Waals surface area contributed by atoms with E-state index in [1.165, 1.54) is 12.8 Å². The van der Waals surface area contributed by atoms with E-state index in [1.54, 1.807) is 0 Å². The molecule has 1 unspecified atom stereocenters. The van der Waals surface area contributed by atoms with Crippen LogP contribution in [0.15, 0.2) is 18.4 Å². The normalized spacial score (nSPS) is 13.8. The summed E-state index contributed by atoms with van der Waals surface area (Å²) >= 11 is 0. The summed E-state index contributed by atoms with van der Waals surface area (Å²) in [7, 11) is 0. The minimum Gasteiger partial charge on any atom is -0.133 e. The van der Waals surface area contributed by atoms with Crippen molar-refractivity contribution in [2.24, 2.45) is 11.3 Å². The zero-order valence-electron chi connectivity index (χ0n) is 8.28. The predicted octanol–water partition coefficient (Wildman–Crippen LogP) is 3.79. The van der Waals surface area contributed by atoms with Gasteiger partial charge in [-0.05, 0) is 17.4 Å². The van der Waals surface area contributed by atoms with Crippen LogP contribution in [0.4, 0.5) is 0 Å². The Balaban J connectivity index is 4.35. The van der Waals surface area contributed by atoms with Crippen molar-refractivity contribution in [2.75, 3.05) is 0 Å². The van der Waals surface area contributed by atoms with E-state index in [2.05, 4.69) is 46.1 Å². The van der Waals surface area contributed by atoms with Gasteiger partial charge in [0.1, 0.15) is 0 Å². The van der Waals surface area contributed by atoms with Crippen LogP contribution in [0.3, 0.4) is 0 Å². The summed E-state index contributed by atoms with van der Waals surface area (Å²) in [6.07, 6.45) is 4.53. The van der Waals surface area contributed by atoms with Crippen molar-refractivity contribution in [3.05, 3.63) is 18.4 Å². The molecule has 64 valence electrons. The van der Waals surface area contributed by atoms with E-state index in [1.807, 2.05) is 0 Å². The fourth-order valence-electron chi connectivity index (χ4n) is 1.27. The largest absolute Gasteiger partial charge is 0.133 e. The zero-order valence-corrected chi connectivity index (χ0v) is 8.28.